The fourth-order valence-electron chi connectivity index (χ4n) is 3.59. The van der Waals surface area contributed by atoms with Crippen molar-refractivity contribution >= 4 is 11.3 Å². The molecule has 0 N–H and O–H groups in total. The van der Waals surface area contributed by atoms with Gasteiger partial charge in [0.1, 0.15) is 5.01 Å². The summed E-state index contributed by atoms with van der Waals surface area (Å²) in [6, 6.07) is 4.72. The third kappa shape index (κ3) is 2.86. The highest BCUT2D eigenvalue weighted by molar-refractivity contribution is 7.09. The Bertz CT molecular complexity index is 574. The van der Waals surface area contributed by atoms with E-state index in [1.54, 1.807) is 17.5 Å². The van der Waals surface area contributed by atoms with Gasteiger partial charge in [-0.3, -0.25) is 9.88 Å². The zero-order valence-corrected chi connectivity index (χ0v) is 12.7. The van der Waals surface area contributed by atoms with Gasteiger partial charge in [0.15, 0.2) is 0 Å². The van der Waals surface area contributed by atoms with Gasteiger partial charge in [-0.25, -0.2) is 4.98 Å². The summed E-state index contributed by atoms with van der Waals surface area (Å²) < 4.78 is 6.13. The Hall–Kier alpha value is -1.30. The van der Waals surface area contributed by atoms with Gasteiger partial charge in [0.05, 0.1) is 19.3 Å². The van der Waals surface area contributed by atoms with Gasteiger partial charge < -0.3 is 4.74 Å². The zero-order valence-electron chi connectivity index (χ0n) is 11.9. The van der Waals surface area contributed by atoms with Gasteiger partial charge in [0.2, 0.25) is 0 Å². The minimum Gasteiger partial charge on any atom is -0.373 e. The number of likely N-dealkylation sites (tertiary alicyclic amines) is 1. The Balaban J connectivity index is 1.30. The van der Waals surface area contributed by atoms with Crippen LogP contribution in [0, 0.1) is 5.92 Å². The van der Waals surface area contributed by atoms with E-state index in [0.29, 0.717) is 24.7 Å². The average Bonchev–Trinajstić information content (AvgIpc) is 3.23. The first-order valence-electron chi connectivity index (χ1n) is 7.51. The lowest BCUT2D eigenvalue weighted by molar-refractivity contribution is -0.0117. The average molecular weight is 301 g/mol. The second-order valence-corrected chi connectivity index (χ2v) is 6.93. The quantitative estimate of drug-likeness (QED) is 0.851. The molecule has 5 heteroatoms. The number of hydrogen-bond acceptors (Lipinski definition) is 5. The molecular formula is C16H19N3OS. The molecule has 0 amide bonds. The fraction of sp³-hybridized carbons (Fsp3) is 0.500. The van der Waals surface area contributed by atoms with E-state index in [-0.39, 0.29) is 0 Å². The summed E-state index contributed by atoms with van der Waals surface area (Å²) in [5.41, 5.74) is 1.17. The summed E-state index contributed by atoms with van der Waals surface area (Å²) in [6.45, 7) is 2.85. The first-order chi connectivity index (χ1) is 10.4. The lowest BCUT2D eigenvalue weighted by Crippen LogP contribution is -2.38. The highest BCUT2D eigenvalue weighted by Gasteiger charge is 2.45. The van der Waals surface area contributed by atoms with Crippen LogP contribution < -0.4 is 0 Å². The van der Waals surface area contributed by atoms with Crippen LogP contribution in [0.2, 0.25) is 0 Å². The highest BCUT2D eigenvalue weighted by Crippen LogP contribution is 2.40. The summed E-state index contributed by atoms with van der Waals surface area (Å²) in [4.78, 5) is 11.1. The number of hydrogen-bond donors (Lipinski definition) is 0. The number of piperidine rings is 1. The van der Waals surface area contributed by atoms with E-state index in [1.807, 2.05) is 18.5 Å². The molecule has 3 heterocycles. The Morgan fingerprint density at radius 1 is 1.33 bits per heavy atom. The SMILES string of the molecule is c1cncc(COC2CC3CC2CN3Cc2nccs2)c1. The molecule has 2 fully saturated rings. The van der Waals surface area contributed by atoms with Crippen LogP contribution in [0.15, 0.2) is 36.1 Å². The van der Waals surface area contributed by atoms with Crippen molar-refractivity contribution in [2.75, 3.05) is 6.54 Å². The van der Waals surface area contributed by atoms with E-state index in [4.69, 9.17) is 4.74 Å². The second kappa shape index (κ2) is 5.83. The molecule has 4 rings (SSSR count). The summed E-state index contributed by atoms with van der Waals surface area (Å²) in [7, 11) is 0. The van der Waals surface area contributed by atoms with Crippen LogP contribution in [0.25, 0.3) is 0 Å². The Labute approximate surface area is 128 Å². The van der Waals surface area contributed by atoms with Gasteiger partial charge in [-0.2, -0.15) is 0 Å². The van der Waals surface area contributed by atoms with Gasteiger partial charge in [-0.05, 0) is 30.4 Å². The Morgan fingerprint density at radius 2 is 2.33 bits per heavy atom. The fourth-order valence-corrected chi connectivity index (χ4v) is 4.23. The largest absolute Gasteiger partial charge is 0.373 e. The van der Waals surface area contributed by atoms with Crippen LogP contribution in [0.5, 0.6) is 0 Å². The molecule has 4 nitrogen and oxygen atoms in total. The van der Waals surface area contributed by atoms with Crippen LogP contribution in [0.3, 0.4) is 0 Å². The van der Waals surface area contributed by atoms with Gasteiger partial charge in [0.25, 0.3) is 0 Å². The smallest absolute Gasteiger partial charge is 0.107 e. The topological polar surface area (TPSA) is 38.2 Å². The maximum atomic E-state index is 6.13. The van der Waals surface area contributed by atoms with Crippen molar-refractivity contribution < 1.29 is 4.74 Å². The van der Waals surface area contributed by atoms with Crippen molar-refractivity contribution in [2.24, 2.45) is 5.92 Å². The standard InChI is InChI=1S/C16H19N3OS/c1-2-12(8-17-3-1)11-20-15-7-14-6-13(15)9-19(14)10-16-18-4-5-21-16/h1-5,8,13-15H,6-7,9-11H2. The maximum Gasteiger partial charge on any atom is 0.107 e. The third-order valence-electron chi connectivity index (χ3n) is 4.60. The molecule has 2 aliphatic rings. The molecule has 1 aliphatic carbocycles. The highest BCUT2D eigenvalue weighted by atomic mass is 32.1. The Kier molecular flexibility index (Phi) is 3.71. The van der Waals surface area contributed by atoms with Crippen molar-refractivity contribution in [3.63, 3.8) is 0 Å². The van der Waals surface area contributed by atoms with E-state index >= 15 is 0 Å². The summed E-state index contributed by atoms with van der Waals surface area (Å²) in [5.74, 6) is 0.687. The van der Waals surface area contributed by atoms with Crippen LogP contribution in [-0.2, 0) is 17.9 Å². The summed E-state index contributed by atoms with van der Waals surface area (Å²) in [6.07, 6.45) is 8.45. The predicted molar refractivity (Wildman–Crippen MR) is 81.9 cm³/mol. The first-order valence-corrected chi connectivity index (χ1v) is 8.39. The number of thiazole rings is 1. The molecule has 21 heavy (non-hydrogen) atoms. The molecule has 2 aromatic rings. The minimum atomic E-state index is 0.419. The lowest BCUT2D eigenvalue weighted by atomic mass is 10.1. The molecular weight excluding hydrogens is 282 g/mol. The van der Waals surface area contributed by atoms with Gasteiger partial charge in [0, 0.05) is 36.6 Å². The molecule has 1 aliphatic heterocycles. The van der Waals surface area contributed by atoms with Crippen LogP contribution >= 0.6 is 11.3 Å². The van der Waals surface area contributed by atoms with Gasteiger partial charge >= 0.3 is 0 Å². The van der Waals surface area contributed by atoms with Crippen LogP contribution in [-0.4, -0.2) is 33.6 Å². The number of aromatic nitrogens is 2. The van der Waals surface area contributed by atoms with E-state index < -0.39 is 0 Å². The van der Waals surface area contributed by atoms with E-state index in [0.717, 1.165) is 19.5 Å². The van der Waals surface area contributed by atoms with Gasteiger partial charge in [-0.1, -0.05) is 6.07 Å². The lowest BCUT2D eigenvalue weighted by Gasteiger charge is -2.30. The van der Waals surface area contributed by atoms with Gasteiger partial charge in [-0.15, -0.1) is 11.3 Å². The summed E-state index contributed by atoms with van der Waals surface area (Å²) >= 11 is 1.75. The molecule has 2 bridgehead atoms. The van der Waals surface area contributed by atoms with Crippen molar-refractivity contribution in [2.45, 2.75) is 38.1 Å². The molecule has 1 saturated carbocycles. The molecule has 0 radical (unpaired) electrons. The molecule has 2 aromatic heterocycles. The number of nitrogens with zero attached hydrogens (tertiary/aromatic N) is 3. The number of ether oxygens (including phenoxy) is 1. The van der Waals surface area contributed by atoms with E-state index in [9.17, 15) is 0 Å². The molecule has 1 saturated heterocycles. The van der Waals surface area contributed by atoms with Crippen LogP contribution in [0.4, 0.5) is 0 Å². The number of rotatable bonds is 5. The predicted octanol–water partition coefficient (Wildman–Crippen LogP) is 2.72. The molecule has 110 valence electrons. The molecule has 0 aromatic carbocycles. The van der Waals surface area contributed by atoms with Crippen molar-refractivity contribution in [3.05, 3.63) is 46.7 Å². The number of fused-ring (bicyclic) bond motifs is 2. The minimum absolute atomic E-state index is 0.419. The first kappa shape index (κ1) is 13.4. The Morgan fingerprint density at radius 3 is 3.05 bits per heavy atom. The number of pyridine rings is 1. The monoisotopic (exact) mass is 301 g/mol. The summed E-state index contributed by atoms with van der Waals surface area (Å²) in [5, 5.41) is 3.29. The normalized spacial score (nSPS) is 28.3. The maximum absolute atomic E-state index is 6.13. The van der Waals surface area contributed by atoms with E-state index in [1.165, 1.54) is 17.0 Å². The van der Waals surface area contributed by atoms with Crippen molar-refractivity contribution in [1.29, 1.82) is 0 Å². The second-order valence-electron chi connectivity index (χ2n) is 5.95. The molecule has 0 spiro atoms. The molecule has 3 unspecified atom stereocenters. The van der Waals surface area contributed by atoms with Crippen molar-refractivity contribution in [3.8, 4) is 0 Å². The third-order valence-corrected chi connectivity index (χ3v) is 5.36. The zero-order chi connectivity index (χ0) is 14.1. The van der Waals surface area contributed by atoms with Crippen LogP contribution in [0.1, 0.15) is 23.4 Å². The van der Waals surface area contributed by atoms with E-state index in [2.05, 4.69) is 26.3 Å². The molecule has 3 atom stereocenters. The van der Waals surface area contributed by atoms with Crippen molar-refractivity contribution in [1.82, 2.24) is 14.9 Å².